The van der Waals surface area contributed by atoms with Crippen LogP contribution in [0.4, 0.5) is 5.69 Å². The normalized spacial score (nSPS) is 11.2. The molecule has 128 valence electrons. The minimum Gasteiger partial charge on any atom is -0.354 e. The number of amides is 2. The summed E-state index contributed by atoms with van der Waals surface area (Å²) in [6, 6.07) is 6.18. The maximum absolute atomic E-state index is 12.2. The first-order valence-electron chi connectivity index (χ1n) is 8.39. The molecule has 0 aliphatic rings. The zero-order chi connectivity index (χ0) is 17.6. The molecule has 4 nitrogen and oxygen atoms in total. The second-order valence-corrected chi connectivity index (χ2v) is 6.81. The fraction of sp³-hybridized carbons (Fsp3) is 0.579. The largest absolute Gasteiger partial charge is 0.354 e. The van der Waals surface area contributed by atoms with Gasteiger partial charge in [-0.15, -0.1) is 0 Å². The Hall–Kier alpha value is -1.84. The van der Waals surface area contributed by atoms with Gasteiger partial charge in [0.15, 0.2) is 0 Å². The lowest BCUT2D eigenvalue weighted by Crippen LogP contribution is -2.42. The van der Waals surface area contributed by atoms with E-state index in [0.717, 1.165) is 18.5 Å². The summed E-state index contributed by atoms with van der Waals surface area (Å²) in [6.45, 7) is 12.4. The second-order valence-electron chi connectivity index (χ2n) is 6.81. The first-order chi connectivity index (χ1) is 10.7. The van der Waals surface area contributed by atoms with Crippen molar-refractivity contribution in [1.29, 1.82) is 0 Å². The zero-order valence-electron chi connectivity index (χ0n) is 15.3. The van der Waals surface area contributed by atoms with Crippen molar-refractivity contribution < 1.29 is 9.59 Å². The average Bonchev–Trinajstić information content (AvgIpc) is 2.49. The van der Waals surface area contributed by atoms with Crippen LogP contribution in [0.15, 0.2) is 18.2 Å². The molecule has 0 saturated heterocycles. The van der Waals surface area contributed by atoms with Crippen LogP contribution < -0.4 is 10.2 Å². The summed E-state index contributed by atoms with van der Waals surface area (Å²) in [5.41, 5.74) is 2.93. The molecule has 0 aliphatic heterocycles. The number of carbonyl (C=O) groups excluding carboxylic acids is 2. The van der Waals surface area contributed by atoms with Gasteiger partial charge in [-0.25, -0.2) is 0 Å². The van der Waals surface area contributed by atoms with Crippen molar-refractivity contribution in [2.75, 3.05) is 18.0 Å². The molecular formula is C19H30N2O2. The van der Waals surface area contributed by atoms with Crippen molar-refractivity contribution in [2.45, 2.75) is 54.4 Å². The van der Waals surface area contributed by atoms with Crippen LogP contribution in [0.2, 0.25) is 0 Å². The number of carbonyl (C=O) groups is 2. The molecule has 0 spiro atoms. The number of nitrogens with one attached hydrogen (secondary N) is 1. The smallest absolute Gasteiger partial charge is 0.225 e. The van der Waals surface area contributed by atoms with E-state index in [1.165, 1.54) is 11.1 Å². The molecule has 2 amide bonds. The van der Waals surface area contributed by atoms with E-state index in [9.17, 15) is 9.59 Å². The average molecular weight is 318 g/mol. The lowest BCUT2D eigenvalue weighted by Gasteiger charge is -2.27. The number of para-hydroxylation sites is 1. The number of benzene rings is 1. The van der Waals surface area contributed by atoms with Gasteiger partial charge < -0.3 is 10.2 Å². The summed E-state index contributed by atoms with van der Waals surface area (Å²) in [5, 5.41) is 2.92. The topological polar surface area (TPSA) is 49.4 Å². The Bertz CT molecular complexity index is 537. The van der Waals surface area contributed by atoms with Crippen LogP contribution in [-0.2, 0) is 22.4 Å². The molecule has 0 heterocycles. The predicted molar refractivity (Wildman–Crippen MR) is 95.7 cm³/mol. The highest BCUT2D eigenvalue weighted by Gasteiger charge is 2.22. The van der Waals surface area contributed by atoms with E-state index < -0.39 is 5.41 Å². The van der Waals surface area contributed by atoms with Crippen LogP contribution in [0.25, 0.3) is 0 Å². The van der Waals surface area contributed by atoms with Gasteiger partial charge in [0.25, 0.3) is 0 Å². The Balaban J connectivity index is 2.96. The number of hydrogen-bond acceptors (Lipinski definition) is 2. The van der Waals surface area contributed by atoms with Crippen molar-refractivity contribution in [3.63, 3.8) is 0 Å². The molecule has 23 heavy (non-hydrogen) atoms. The quantitative estimate of drug-likeness (QED) is 0.874. The first-order valence-corrected chi connectivity index (χ1v) is 8.39. The van der Waals surface area contributed by atoms with E-state index in [1.54, 1.807) is 11.8 Å². The second kappa shape index (κ2) is 8.14. The van der Waals surface area contributed by atoms with Gasteiger partial charge in [0, 0.05) is 25.4 Å². The van der Waals surface area contributed by atoms with Crippen LogP contribution in [0.5, 0.6) is 0 Å². The minimum atomic E-state index is -0.420. The number of aryl methyl sites for hydroxylation is 2. The molecular weight excluding hydrogens is 288 g/mol. The molecule has 1 aromatic rings. The Kier molecular flexibility index (Phi) is 6.79. The molecule has 0 radical (unpaired) electrons. The SMILES string of the molecule is CCc1cccc(CC)c1N(CCNC(=O)C(C)(C)C)C(C)=O. The van der Waals surface area contributed by atoms with Gasteiger partial charge in [0.1, 0.15) is 0 Å². The molecule has 4 heteroatoms. The Labute approximate surface area is 140 Å². The molecule has 0 unspecified atom stereocenters. The Morgan fingerprint density at radius 3 is 2.00 bits per heavy atom. The van der Waals surface area contributed by atoms with Gasteiger partial charge >= 0.3 is 0 Å². The van der Waals surface area contributed by atoms with Crippen LogP contribution in [0.1, 0.15) is 52.7 Å². The molecule has 0 fully saturated rings. The summed E-state index contributed by atoms with van der Waals surface area (Å²) in [5.74, 6) is 0.00565. The highest BCUT2D eigenvalue weighted by molar-refractivity contribution is 5.93. The lowest BCUT2D eigenvalue weighted by molar-refractivity contribution is -0.128. The fourth-order valence-electron chi connectivity index (χ4n) is 2.53. The van der Waals surface area contributed by atoms with E-state index in [0.29, 0.717) is 13.1 Å². The van der Waals surface area contributed by atoms with Gasteiger partial charge in [-0.05, 0) is 24.0 Å². The van der Waals surface area contributed by atoms with E-state index in [2.05, 4.69) is 31.3 Å². The van der Waals surface area contributed by atoms with Crippen molar-refractivity contribution >= 4 is 17.5 Å². The minimum absolute atomic E-state index is 0.000457. The van der Waals surface area contributed by atoms with Gasteiger partial charge in [-0.1, -0.05) is 52.8 Å². The Morgan fingerprint density at radius 1 is 1.09 bits per heavy atom. The summed E-state index contributed by atoms with van der Waals surface area (Å²) < 4.78 is 0. The summed E-state index contributed by atoms with van der Waals surface area (Å²) in [4.78, 5) is 25.9. The summed E-state index contributed by atoms with van der Waals surface area (Å²) in [6.07, 6.45) is 1.75. The van der Waals surface area contributed by atoms with Gasteiger partial charge in [-0.3, -0.25) is 9.59 Å². The summed E-state index contributed by atoms with van der Waals surface area (Å²) in [7, 11) is 0. The van der Waals surface area contributed by atoms with Gasteiger partial charge in [0.2, 0.25) is 11.8 Å². The molecule has 1 aromatic carbocycles. The van der Waals surface area contributed by atoms with Crippen LogP contribution in [-0.4, -0.2) is 24.9 Å². The highest BCUT2D eigenvalue weighted by Crippen LogP contribution is 2.27. The molecule has 1 rings (SSSR count). The van der Waals surface area contributed by atoms with Crippen molar-refractivity contribution in [3.05, 3.63) is 29.3 Å². The van der Waals surface area contributed by atoms with E-state index in [4.69, 9.17) is 0 Å². The number of hydrogen-bond donors (Lipinski definition) is 1. The Morgan fingerprint density at radius 2 is 1.61 bits per heavy atom. The highest BCUT2D eigenvalue weighted by atomic mass is 16.2. The fourth-order valence-corrected chi connectivity index (χ4v) is 2.53. The van der Waals surface area contributed by atoms with E-state index in [1.807, 2.05) is 26.8 Å². The van der Waals surface area contributed by atoms with Crippen LogP contribution in [0, 0.1) is 5.41 Å². The summed E-state index contributed by atoms with van der Waals surface area (Å²) >= 11 is 0. The molecule has 0 aliphatic carbocycles. The van der Waals surface area contributed by atoms with Crippen LogP contribution >= 0.6 is 0 Å². The predicted octanol–water partition coefficient (Wildman–Crippen LogP) is 3.33. The third-order valence-electron chi connectivity index (χ3n) is 3.92. The molecule has 0 saturated carbocycles. The zero-order valence-corrected chi connectivity index (χ0v) is 15.3. The van der Waals surface area contributed by atoms with E-state index in [-0.39, 0.29) is 11.8 Å². The molecule has 1 N–H and O–H groups in total. The third kappa shape index (κ3) is 5.08. The monoisotopic (exact) mass is 318 g/mol. The third-order valence-corrected chi connectivity index (χ3v) is 3.92. The van der Waals surface area contributed by atoms with Crippen molar-refractivity contribution in [2.24, 2.45) is 5.41 Å². The van der Waals surface area contributed by atoms with Gasteiger partial charge in [0.05, 0.1) is 5.69 Å². The van der Waals surface area contributed by atoms with Crippen molar-refractivity contribution in [1.82, 2.24) is 5.32 Å². The molecule has 0 atom stereocenters. The van der Waals surface area contributed by atoms with E-state index >= 15 is 0 Å². The number of rotatable bonds is 6. The van der Waals surface area contributed by atoms with Gasteiger partial charge in [-0.2, -0.15) is 0 Å². The first kappa shape index (κ1) is 19.2. The standard InChI is InChI=1S/C19H30N2O2/c1-7-15-10-9-11-16(8-2)17(15)21(14(3)22)13-12-20-18(23)19(4,5)6/h9-11H,7-8,12-13H2,1-6H3,(H,20,23). The number of anilines is 1. The molecule has 0 aromatic heterocycles. The number of nitrogens with zero attached hydrogens (tertiary/aromatic N) is 1. The lowest BCUT2D eigenvalue weighted by atomic mass is 9.96. The van der Waals surface area contributed by atoms with Crippen LogP contribution in [0.3, 0.4) is 0 Å². The maximum atomic E-state index is 12.2. The maximum Gasteiger partial charge on any atom is 0.225 e. The van der Waals surface area contributed by atoms with Crippen molar-refractivity contribution in [3.8, 4) is 0 Å². The molecule has 0 bridgehead atoms.